The van der Waals surface area contributed by atoms with Crippen molar-refractivity contribution in [3.8, 4) is 0 Å². The van der Waals surface area contributed by atoms with E-state index in [0.29, 0.717) is 6.04 Å². The molecule has 1 aliphatic rings. The van der Waals surface area contributed by atoms with Gasteiger partial charge in [0.25, 0.3) is 0 Å². The fourth-order valence-corrected chi connectivity index (χ4v) is 2.46. The van der Waals surface area contributed by atoms with Crippen molar-refractivity contribution in [1.29, 1.82) is 0 Å². The van der Waals surface area contributed by atoms with Gasteiger partial charge in [0.15, 0.2) is 0 Å². The Morgan fingerprint density at radius 1 is 1.28 bits per heavy atom. The van der Waals surface area contributed by atoms with E-state index in [1.165, 1.54) is 36.0 Å². The Labute approximate surface area is 110 Å². The molecule has 0 saturated carbocycles. The summed E-state index contributed by atoms with van der Waals surface area (Å²) >= 11 is 0. The highest BCUT2D eigenvalue weighted by molar-refractivity contribution is 5.36. The molecule has 0 amide bonds. The number of aryl methyl sites for hydroxylation is 2. The summed E-state index contributed by atoms with van der Waals surface area (Å²) in [7, 11) is 0. The van der Waals surface area contributed by atoms with Crippen LogP contribution in [0.2, 0.25) is 0 Å². The molecule has 2 heteroatoms. The van der Waals surface area contributed by atoms with Crippen molar-refractivity contribution in [3.05, 3.63) is 34.9 Å². The smallest absolute Gasteiger partial charge is 0.0494 e. The number of benzene rings is 1. The summed E-state index contributed by atoms with van der Waals surface area (Å²) in [5.41, 5.74) is 4.37. The van der Waals surface area contributed by atoms with Crippen LogP contribution in [0.1, 0.15) is 49.9 Å². The van der Waals surface area contributed by atoms with E-state index in [0.717, 1.165) is 6.54 Å². The molecule has 0 aliphatic heterocycles. The minimum absolute atomic E-state index is 0.0506. The van der Waals surface area contributed by atoms with Gasteiger partial charge in [0.05, 0.1) is 0 Å². The van der Waals surface area contributed by atoms with E-state index in [1.54, 1.807) is 0 Å². The average molecular weight is 247 g/mol. The lowest BCUT2D eigenvalue weighted by Crippen LogP contribution is -2.33. The predicted octanol–water partition coefficient (Wildman–Crippen LogP) is 2.84. The van der Waals surface area contributed by atoms with Crippen molar-refractivity contribution in [1.82, 2.24) is 5.32 Å². The average Bonchev–Trinajstić information content (AvgIpc) is 2.83. The van der Waals surface area contributed by atoms with Crippen molar-refractivity contribution in [2.24, 2.45) is 5.41 Å². The Balaban J connectivity index is 1.99. The van der Waals surface area contributed by atoms with Crippen LogP contribution in [-0.2, 0) is 12.8 Å². The molecule has 1 aliphatic carbocycles. The summed E-state index contributed by atoms with van der Waals surface area (Å²) in [5.74, 6) is 0. The monoisotopic (exact) mass is 247 g/mol. The molecule has 0 radical (unpaired) electrons. The highest BCUT2D eigenvalue weighted by Crippen LogP contribution is 2.25. The van der Waals surface area contributed by atoms with E-state index in [9.17, 15) is 5.11 Å². The maximum atomic E-state index is 9.26. The summed E-state index contributed by atoms with van der Waals surface area (Å²) in [6.45, 7) is 7.41. The minimum atomic E-state index is -0.0506. The second-order valence-corrected chi connectivity index (χ2v) is 6.31. The standard InChI is InChI=1S/C16H25NO/c1-12(17-10-16(2,3)11-18)14-8-7-13-5-4-6-15(13)9-14/h7-9,12,17-18H,4-6,10-11H2,1-3H3. The molecule has 2 N–H and O–H groups in total. The van der Waals surface area contributed by atoms with Crippen LogP contribution in [0.15, 0.2) is 18.2 Å². The lowest BCUT2D eigenvalue weighted by Gasteiger charge is -2.25. The molecule has 1 aromatic carbocycles. The van der Waals surface area contributed by atoms with Gasteiger partial charge >= 0.3 is 0 Å². The van der Waals surface area contributed by atoms with E-state index in [4.69, 9.17) is 0 Å². The molecule has 0 aromatic heterocycles. The third-order valence-electron chi connectivity index (χ3n) is 3.94. The van der Waals surface area contributed by atoms with Crippen molar-refractivity contribution >= 4 is 0 Å². The molecule has 2 rings (SSSR count). The highest BCUT2D eigenvalue weighted by atomic mass is 16.3. The molecule has 100 valence electrons. The number of nitrogens with one attached hydrogen (secondary N) is 1. The molecule has 0 saturated heterocycles. The number of rotatable bonds is 5. The second kappa shape index (κ2) is 5.41. The maximum absolute atomic E-state index is 9.26. The van der Waals surface area contributed by atoms with Gasteiger partial charge in [0.2, 0.25) is 0 Å². The lowest BCUT2D eigenvalue weighted by atomic mass is 9.94. The predicted molar refractivity (Wildman–Crippen MR) is 75.8 cm³/mol. The van der Waals surface area contributed by atoms with Crippen LogP contribution in [0, 0.1) is 5.41 Å². The van der Waals surface area contributed by atoms with Gasteiger partial charge in [-0.25, -0.2) is 0 Å². The third-order valence-corrected chi connectivity index (χ3v) is 3.94. The van der Waals surface area contributed by atoms with Gasteiger partial charge in [-0.1, -0.05) is 32.0 Å². The molecule has 0 bridgehead atoms. The van der Waals surface area contributed by atoms with E-state index in [1.807, 2.05) is 0 Å². The number of aliphatic hydroxyl groups excluding tert-OH is 1. The summed E-state index contributed by atoms with van der Waals surface area (Å²) in [6, 6.07) is 7.23. The first-order valence-corrected chi connectivity index (χ1v) is 6.98. The highest BCUT2D eigenvalue weighted by Gasteiger charge is 2.18. The van der Waals surface area contributed by atoms with E-state index < -0.39 is 0 Å². The zero-order valence-electron chi connectivity index (χ0n) is 11.8. The Morgan fingerprint density at radius 2 is 2.00 bits per heavy atom. The van der Waals surface area contributed by atoms with E-state index >= 15 is 0 Å². The molecule has 0 heterocycles. The first-order chi connectivity index (χ1) is 8.52. The van der Waals surface area contributed by atoms with Crippen LogP contribution < -0.4 is 5.32 Å². The van der Waals surface area contributed by atoms with E-state index in [-0.39, 0.29) is 12.0 Å². The Morgan fingerprint density at radius 3 is 2.72 bits per heavy atom. The topological polar surface area (TPSA) is 32.3 Å². The number of hydrogen-bond acceptors (Lipinski definition) is 2. The molecule has 1 unspecified atom stereocenters. The molecular weight excluding hydrogens is 222 g/mol. The number of aliphatic hydroxyl groups is 1. The van der Waals surface area contributed by atoms with Gasteiger partial charge in [-0.05, 0) is 42.9 Å². The first-order valence-electron chi connectivity index (χ1n) is 6.98. The molecule has 0 fully saturated rings. The lowest BCUT2D eigenvalue weighted by molar-refractivity contribution is 0.154. The molecule has 2 nitrogen and oxygen atoms in total. The van der Waals surface area contributed by atoms with Gasteiger partial charge in [-0.3, -0.25) is 0 Å². The van der Waals surface area contributed by atoms with Gasteiger partial charge in [0, 0.05) is 24.6 Å². The molecule has 0 spiro atoms. The van der Waals surface area contributed by atoms with E-state index in [2.05, 4.69) is 44.3 Å². The van der Waals surface area contributed by atoms with Gasteiger partial charge in [-0.15, -0.1) is 0 Å². The fourth-order valence-electron chi connectivity index (χ4n) is 2.46. The second-order valence-electron chi connectivity index (χ2n) is 6.31. The number of hydrogen-bond donors (Lipinski definition) is 2. The third kappa shape index (κ3) is 3.12. The van der Waals surface area contributed by atoms with Crippen LogP contribution >= 0.6 is 0 Å². The zero-order chi connectivity index (χ0) is 13.2. The Bertz CT molecular complexity index is 412. The Kier molecular flexibility index (Phi) is 4.08. The Hall–Kier alpha value is -0.860. The summed E-state index contributed by atoms with van der Waals surface area (Å²) < 4.78 is 0. The summed E-state index contributed by atoms with van der Waals surface area (Å²) in [6.07, 6.45) is 3.78. The van der Waals surface area contributed by atoms with Gasteiger partial charge in [0.1, 0.15) is 0 Å². The van der Waals surface area contributed by atoms with Crippen molar-refractivity contribution in [2.75, 3.05) is 13.2 Å². The molecule has 1 aromatic rings. The maximum Gasteiger partial charge on any atom is 0.0494 e. The number of fused-ring (bicyclic) bond motifs is 1. The summed E-state index contributed by atoms with van der Waals surface area (Å²) in [4.78, 5) is 0. The fraction of sp³-hybridized carbons (Fsp3) is 0.625. The van der Waals surface area contributed by atoms with Crippen LogP contribution in [0.5, 0.6) is 0 Å². The quantitative estimate of drug-likeness (QED) is 0.838. The van der Waals surface area contributed by atoms with Gasteiger partial charge < -0.3 is 10.4 Å². The van der Waals surface area contributed by atoms with Crippen molar-refractivity contribution < 1.29 is 5.11 Å². The SMILES string of the molecule is CC(NCC(C)(C)CO)c1ccc2c(c1)CCC2. The van der Waals surface area contributed by atoms with Crippen LogP contribution in [0.3, 0.4) is 0 Å². The normalized spacial score (nSPS) is 16.7. The zero-order valence-corrected chi connectivity index (χ0v) is 11.8. The summed E-state index contributed by atoms with van der Waals surface area (Å²) in [5, 5.41) is 12.8. The minimum Gasteiger partial charge on any atom is -0.396 e. The first kappa shape index (κ1) is 13.6. The van der Waals surface area contributed by atoms with Crippen LogP contribution in [0.4, 0.5) is 0 Å². The largest absolute Gasteiger partial charge is 0.396 e. The molecular formula is C16H25NO. The van der Waals surface area contributed by atoms with Crippen LogP contribution in [0.25, 0.3) is 0 Å². The van der Waals surface area contributed by atoms with Crippen molar-refractivity contribution in [2.45, 2.75) is 46.1 Å². The van der Waals surface area contributed by atoms with Gasteiger partial charge in [-0.2, -0.15) is 0 Å². The molecule has 1 atom stereocenters. The van der Waals surface area contributed by atoms with Crippen LogP contribution in [-0.4, -0.2) is 18.3 Å². The molecule has 18 heavy (non-hydrogen) atoms. The van der Waals surface area contributed by atoms with Crippen molar-refractivity contribution in [3.63, 3.8) is 0 Å².